The second-order valence-electron chi connectivity index (χ2n) is 7.43. The van der Waals surface area contributed by atoms with E-state index < -0.39 is 0 Å². The van der Waals surface area contributed by atoms with Crippen LogP contribution in [0.4, 0.5) is 0 Å². The molecule has 1 atom stereocenters. The summed E-state index contributed by atoms with van der Waals surface area (Å²) in [4.78, 5) is 26.7. The van der Waals surface area contributed by atoms with Crippen LogP contribution in [-0.2, 0) is 0 Å². The van der Waals surface area contributed by atoms with Crippen molar-refractivity contribution in [3.05, 3.63) is 45.6 Å². The van der Waals surface area contributed by atoms with Gasteiger partial charge in [0.15, 0.2) is 0 Å². The predicted molar refractivity (Wildman–Crippen MR) is 105 cm³/mol. The summed E-state index contributed by atoms with van der Waals surface area (Å²) in [7, 11) is 1.62. The van der Waals surface area contributed by atoms with E-state index in [1.54, 1.807) is 20.2 Å². The van der Waals surface area contributed by atoms with Crippen LogP contribution in [0.2, 0.25) is 0 Å². The number of pyridine rings is 2. The molecule has 0 bridgehead atoms. The Morgan fingerprint density at radius 2 is 1.93 bits per heavy atom. The van der Waals surface area contributed by atoms with E-state index in [1.165, 1.54) is 12.8 Å². The van der Waals surface area contributed by atoms with Crippen LogP contribution in [-0.4, -0.2) is 26.6 Å². The first kappa shape index (κ1) is 17.6. The number of ether oxygens (including phenoxy) is 1. The highest BCUT2D eigenvalue weighted by Gasteiger charge is 2.31. The topological polar surface area (TPSA) is 69.9 Å². The highest BCUT2D eigenvalue weighted by Crippen LogP contribution is 2.40. The van der Waals surface area contributed by atoms with E-state index in [0.29, 0.717) is 17.5 Å². The molecule has 0 aromatic carbocycles. The third kappa shape index (κ3) is 2.89. The monoisotopic (exact) mass is 364 g/mol. The Morgan fingerprint density at radius 3 is 2.59 bits per heavy atom. The summed E-state index contributed by atoms with van der Waals surface area (Å²) in [6.07, 6.45) is 4.10. The minimum absolute atomic E-state index is 0.0141. The summed E-state index contributed by atoms with van der Waals surface area (Å²) in [6.45, 7) is 7.80. The molecule has 3 heterocycles. The number of methoxy groups -OCH3 is 1. The average Bonchev–Trinajstić information content (AvgIpc) is 3.49. The van der Waals surface area contributed by atoms with E-state index in [2.05, 4.69) is 21.9 Å². The van der Waals surface area contributed by atoms with Gasteiger partial charge >= 0.3 is 0 Å². The normalized spacial score (nSPS) is 15.1. The van der Waals surface area contributed by atoms with Crippen LogP contribution in [0.1, 0.15) is 42.8 Å². The van der Waals surface area contributed by atoms with E-state index in [4.69, 9.17) is 4.74 Å². The van der Waals surface area contributed by atoms with Gasteiger partial charge in [0.25, 0.3) is 5.56 Å². The van der Waals surface area contributed by atoms with Gasteiger partial charge in [0.2, 0.25) is 5.88 Å². The van der Waals surface area contributed by atoms with E-state index >= 15 is 0 Å². The Hall–Kier alpha value is -2.76. The van der Waals surface area contributed by atoms with Crippen molar-refractivity contribution in [3.8, 4) is 17.1 Å². The van der Waals surface area contributed by atoms with Crippen molar-refractivity contribution in [1.29, 1.82) is 0 Å². The molecule has 27 heavy (non-hydrogen) atoms. The van der Waals surface area contributed by atoms with Gasteiger partial charge in [0, 0.05) is 23.4 Å². The first-order chi connectivity index (χ1) is 12.9. The summed E-state index contributed by atoms with van der Waals surface area (Å²) in [5.74, 6) is 1.18. The molecule has 1 saturated carbocycles. The van der Waals surface area contributed by atoms with Crippen molar-refractivity contribution < 1.29 is 4.74 Å². The van der Waals surface area contributed by atoms with Gasteiger partial charge in [0.1, 0.15) is 11.2 Å². The standard InChI is InChI=1S/C21H24N4O2/c1-11-10-16(12(2)24-20(11)27-5)18-19-17(8-9-22-18)25(14(4)15-6-7-15)21(26)13(3)23-19/h8-10,14-15H,6-7H2,1-5H3/t14-/m0/s1. The molecule has 0 unspecified atom stereocenters. The molecule has 4 rings (SSSR count). The molecule has 0 radical (unpaired) electrons. The van der Waals surface area contributed by atoms with E-state index in [-0.39, 0.29) is 11.6 Å². The molecule has 1 fully saturated rings. The van der Waals surface area contributed by atoms with E-state index in [0.717, 1.165) is 33.5 Å². The Labute approximate surface area is 158 Å². The highest BCUT2D eigenvalue weighted by molar-refractivity contribution is 5.90. The molecule has 3 aromatic rings. The number of nitrogens with zero attached hydrogens (tertiary/aromatic N) is 4. The first-order valence-corrected chi connectivity index (χ1v) is 9.32. The van der Waals surface area contributed by atoms with Crippen LogP contribution in [0.25, 0.3) is 22.3 Å². The smallest absolute Gasteiger partial charge is 0.272 e. The van der Waals surface area contributed by atoms with Crippen LogP contribution in [0.15, 0.2) is 23.1 Å². The number of rotatable bonds is 4. The molecule has 0 spiro atoms. The predicted octanol–water partition coefficient (Wildman–Crippen LogP) is 3.76. The van der Waals surface area contributed by atoms with Crippen molar-refractivity contribution in [3.63, 3.8) is 0 Å². The van der Waals surface area contributed by atoms with Crippen LogP contribution in [0.3, 0.4) is 0 Å². The maximum Gasteiger partial charge on any atom is 0.272 e. The van der Waals surface area contributed by atoms with Crippen LogP contribution < -0.4 is 10.3 Å². The molecule has 6 heteroatoms. The molecule has 140 valence electrons. The Kier molecular flexibility index (Phi) is 4.21. The summed E-state index contributed by atoms with van der Waals surface area (Å²) < 4.78 is 7.23. The number of hydrogen-bond donors (Lipinski definition) is 0. The van der Waals surface area contributed by atoms with Crippen LogP contribution in [0.5, 0.6) is 5.88 Å². The van der Waals surface area contributed by atoms with Crippen LogP contribution in [0, 0.1) is 26.7 Å². The minimum Gasteiger partial charge on any atom is -0.481 e. The van der Waals surface area contributed by atoms with Gasteiger partial charge in [-0.3, -0.25) is 9.78 Å². The molecular formula is C21H24N4O2. The van der Waals surface area contributed by atoms with Crippen molar-refractivity contribution in [1.82, 2.24) is 19.5 Å². The van der Waals surface area contributed by atoms with Crippen molar-refractivity contribution in [2.75, 3.05) is 7.11 Å². The fraction of sp³-hybridized carbons (Fsp3) is 0.429. The van der Waals surface area contributed by atoms with Gasteiger partial charge in [-0.1, -0.05) is 0 Å². The Morgan fingerprint density at radius 1 is 1.19 bits per heavy atom. The van der Waals surface area contributed by atoms with E-state index in [1.807, 2.05) is 30.5 Å². The SMILES string of the molecule is COc1nc(C)c(-c2nccc3c2nc(C)c(=O)n3[C@@H](C)C2CC2)cc1C. The number of aryl methyl sites for hydroxylation is 3. The van der Waals surface area contributed by atoms with Gasteiger partial charge in [-0.2, -0.15) is 0 Å². The molecule has 0 amide bonds. The third-order valence-corrected chi connectivity index (χ3v) is 5.49. The average molecular weight is 364 g/mol. The summed E-state index contributed by atoms with van der Waals surface area (Å²) >= 11 is 0. The van der Waals surface area contributed by atoms with Crippen molar-refractivity contribution >= 4 is 11.0 Å². The molecule has 0 N–H and O–H groups in total. The quantitative estimate of drug-likeness (QED) is 0.705. The second-order valence-corrected chi connectivity index (χ2v) is 7.43. The zero-order chi connectivity index (χ0) is 19.3. The summed E-state index contributed by atoms with van der Waals surface area (Å²) in [6, 6.07) is 4.08. The Balaban J connectivity index is 2.01. The molecule has 3 aromatic heterocycles. The third-order valence-electron chi connectivity index (χ3n) is 5.49. The molecule has 0 aliphatic heterocycles. The van der Waals surface area contributed by atoms with Gasteiger partial charge in [-0.15, -0.1) is 0 Å². The molecule has 1 aliphatic carbocycles. The number of fused-ring (bicyclic) bond motifs is 1. The number of hydrogen-bond acceptors (Lipinski definition) is 5. The Bertz CT molecular complexity index is 1100. The zero-order valence-corrected chi connectivity index (χ0v) is 16.4. The fourth-order valence-corrected chi connectivity index (χ4v) is 3.77. The largest absolute Gasteiger partial charge is 0.481 e. The number of aromatic nitrogens is 4. The van der Waals surface area contributed by atoms with Crippen molar-refractivity contribution in [2.24, 2.45) is 5.92 Å². The molecule has 0 saturated heterocycles. The lowest BCUT2D eigenvalue weighted by Crippen LogP contribution is -2.28. The minimum atomic E-state index is -0.0141. The maximum absolute atomic E-state index is 12.9. The van der Waals surface area contributed by atoms with Gasteiger partial charge in [-0.25, -0.2) is 9.97 Å². The first-order valence-electron chi connectivity index (χ1n) is 9.32. The second kappa shape index (κ2) is 6.44. The van der Waals surface area contributed by atoms with Gasteiger partial charge < -0.3 is 9.30 Å². The maximum atomic E-state index is 12.9. The lowest BCUT2D eigenvalue weighted by atomic mass is 10.1. The zero-order valence-electron chi connectivity index (χ0n) is 16.4. The van der Waals surface area contributed by atoms with Crippen LogP contribution >= 0.6 is 0 Å². The van der Waals surface area contributed by atoms with Gasteiger partial charge in [0.05, 0.1) is 24.0 Å². The fourth-order valence-electron chi connectivity index (χ4n) is 3.77. The summed E-state index contributed by atoms with van der Waals surface area (Å²) in [5.41, 5.74) is 5.50. The van der Waals surface area contributed by atoms with Gasteiger partial charge in [-0.05, 0) is 58.6 Å². The van der Waals surface area contributed by atoms with E-state index in [9.17, 15) is 4.79 Å². The highest BCUT2D eigenvalue weighted by atomic mass is 16.5. The summed E-state index contributed by atoms with van der Waals surface area (Å²) in [5, 5.41) is 0. The molecular weight excluding hydrogens is 340 g/mol. The molecule has 6 nitrogen and oxygen atoms in total. The lowest BCUT2D eigenvalue weighted by Gasteiger charge is -2.19. The van der Waals surface area contributed by atoms with Crippen molar-refractivity contribution in [2.45, 2.75) is 46.6 Å². The molecule has 1 aliphatic rings. The lowest BCUT2D eigenvalue weighted by molar-refractivity contribution is 0.394.